The van der Waals surface area contributed by atoms with E-state index in [-0.39, 0.29) is 0 Å². The van der Waals surface area contributed by atoms with Gasteiger partial charge in [-0.25, -0.2) is 14.8 Å². The fourth-order valence-corrected chi connectivity index (χ4v) is 4.42. The Kier molecular flexibility index (Phi) is 5.99. The lowest BCUT2D eigenvalue weighted by Crippen LogP contribution is -2.10. The number of aryl methyl sites for hydroxylation is 3. The average Bonchev–Trinajstić information content (AvgIpc) is 3.11. The average molecular weight is 419 g/mol. The van der Waals surface area contributed by atoms with Crippen LogP contribution in [0.3, 0.4) is 0 Å². The maximum atomic E-state index is 11.6. The fraction of sp³-hybridized carbons (Fsp3) is 0.217. The number of anilines is 1. The largest absolute Gasteiger partial charge is 0.477 e. The molecule has 3 aromatic heterocycles. The quantitative estimate of drug-likeness (QED) is 0.437. The summed E-state index contributed by atoms with van der Waals surface area (Å²) >= 11 is 1.21. The molecule has 0 amide bonds. The summed E-state index contributed by atoms with van der Waals surface area (Å²) < 4.78 is 0. The number of carboxylic acids is 1. The van der Waals surface area contributed by atoms with Gasteiger partial charge in [0.15, 0.2) is 0 Å². The van der Waals surface area contributed by atoms with E-state index < -0.39 is 5.97 Å². The smallest absolute Gasteiger partial charge is 0.346 e. The minimum absolute atomic E-state index is 0.312. The zero-order valence-corrected chi connectivity index (χ0v) is 17.4. The number of hydrogen-bond acceptors (Lipinski definition) is 6. The van der Waals surface area contributed by atoms with Gasteiger partial charge in [-0.2, -0.15) is 0 Å². The van der Waals surface area contributed by atoms with Crippen molar-refractivity contribution in [3.63, 3.8) is 0 Å². The maximum Gasteiger partial charge on any atom is 0.346 e. The van der Waals surface area contributed by atoms with E-state index in [9.17, 15) is 9.90 Å². The highest BCUT2D eigenvalue weighted by Crippen LogP contribution is 2.34. The van der Waals surface area contributed by atoms with Gasteiger partial charge in [0.05, 0.1) is 5.39 Å². The van der Waals surface area contributed by atoms with Gasteiger partial charge in [0.25, 0.3) is 0 Å². The van der Waals surface area contributed by atoms with Crippen molar-refractivity contribution >= 4 is 33.3 Å². The number of hydrogen-bond donors (Lipinski definition) is 2. The van der Waals surface area contributed by atoms with Crippen LogP contribution in [0.2, 0.25) is 0 Å². The van der Waals surface area contributed by atoms with Gasteiger partial charge >= 0.3 is 5.97 Å². The summed E-state index contributed by atoms with van der Waals surface area (Å²) in [6.07, 6.45) is 4.05. The molecule has 4 aromatic rings. The Hall–Kier alpha value is -3.32. The number of pyridine rings is 1. The maximum absolute atomic E-state index is 11.6. The second kappa shape index (κ2) is 9.00. The van der Waals surface area contributed by atoms with Crippen molar-refractivity contribution in [1.29, 1.82) is 0 Å². The first-order chi connectivity index (χ1) is 14.6. The van der Waals surface area contributed by atoms with E-state index in [0.29, 0.717) is 39.9 Å². The minimum atomic E-state index is -0.930. The number of carboxylic acid groups (broad SMARTS) is 1. The molecule has 0 radical (unpaired) electrons. The first kappa shape index (κ1) is 20.0. The van der Waals surface area contributed by atoms with Crippen molar-refractivity contribution in [2.45, 2.75) is 26.2 Å². The molecule has 0 aliphatic carbocycles. The van der Waals surface area contributed by atoms with Gasteiger partial charge in [-0.3, -0.25) is 4.98 Å². The van der Waals surface area contributed by atoms with Crippen molar-refractivity contribution < 1.29 is 9.90 Å². The van der Waals surface area contributed by atoms with Crippen LogP contribution in [-0.4, -0.2) is 32.6 Å². The number of fused-ring (bicyclic) bond motifs is 1. The van der Waals surface area contributed by atoms with E-state index in [1.807, 2.05) is 43.3 Å². The molecule has 0 bridgehead atoms. The Morgan fingerprint density at radius 3 is 2.57 bits per heavy atom. The number of thiophene rings is 1. The van der Waals surface area contributed by atoms with Gasteiger partial charge in [-0.05, 0) is 36.6 Å². The minimum Gasteiger partial charge on any atom is -0.477 e. The Morgan fingerprint density at radius 2 is 1.83 bits per heavy atom. The number of nitrogens with one attached hydrogen (secondary N) is 1. The summed E-state index contributed by atoms with van der Waals surface area (Å²) in [5, 5.41) is 13.7. The van der Waals surface area contributed by atoms with Crippen molar-refractivity contribution in [3.8, 4) is 0 Å². The Labute approximate surface area is 178 Å². The SMILES string of the molecule is Cc1c(C(=O)O)sc2nc(CCc3ccccc3)nc(NCCc3ccccn3)c12. The predicted octanol–water partition coefficient (Wildman–Crippen LogP) is 4.53. The van der Waals surface area contributed by atoms with Gasteiger partial charge < -0.3 is 10.4 Å². The van der Waals surface area contributed by atoms with Crippen LogP contribution in [0.1, 0.15) is 32.3 Å². The molecule has 0 fully saturated rings. The summed E-state index contributed by atoms with van der Waals surface area (Å²) in [6, 6.07) is 16.1. The lowest BCUT2D eigenvalue weighted by molar-refractivity contribution is 0.0701. The first-order valence-electron chi connectivity index (χ1n) is 9.83. The van der Waals surface area contributed by atoms with Crippen LogP contribution in [-0.2, 0) is 19.3 Å². The van der Waals surface area contributed by atoms with E-state index in [4.69, 9.17) is 4.98 Å². The molecule has 0 atom stereocenters. The normalized spacial score (nSPS) is 11.0. The third-order valence-electron chi connectivity index (χ3n) is 4.91. The predicted molar refractivity (Wildman–Crippen MR) is 119 cm³/mol. The zero-order valence-electron chi connectivity index (χ0n) is 16.6. The van der Waals surface area contributed by atoms with Gasteiger partial charge in [-0.1, -0.05) is 36.4 Å². The molecule has 3 heterocycles. The molecule has 0 aliphatic rings. The first-order valence-corrected chi connectivity index (χ1v) is 10.6. The molecule has 30 heavy (non-hydrogen) atoms. The van der Waals surface area contributed by atoms with E-state index >= 15 is 0 Å². The summed E-state index contributed by atoms with van der Waals surface area (Å²) in [5.41, 5.74) is 2.92. The number of rotatable bonds is 8. The monoisotopic (exact) mass is 418 g/mol. The molecule has 6 nitrogen and oxygen atoms in total. The molecule has 0 spiro atoms. The third kappa shape index (κ3) is 4.46. The lowest BCUT2D eigenvalue weighted by Gasteiger charge is -2.10. The van der Waals surface area contributed by atoms with Crippen LogP contribution in [0, 0.1) is 6.92 Å². The van der Waals surface area contributed by atoms with Gasteiger partial charge in [0.2, 0.25) is 0 Å². The highest BCUT2D eigenvalue weighted by atomic mass is 32.1. The number of aromatic carboxylic acids is 1. The van der Waals surface area contributed by atoms with Gasteiger partial charge in [-0.15, -0.1) is 11.3 Å². The number of carbonyl (C=O) groups is 1. The van der Waals surface area contributed by atoms with Crippen LogP contribution < -0.4 is 5.32 Å². The second-order valence-electron chi connectivity index (χ2n) is 7.01. The molecule has 2 N–H and O–H groups in total. The van der Waals surface area contributed by atoms with Crippen molar-refractivity contribution in [1.82, 2.24) is 15.0 Å². The van der Waals surface area contributed by atoms with E-state index in [0.717, 1.165) is 23.9 Å². The highest BCUT2D eigenvalue weighted by molar-refractivity contribution is 7.20. The van der Waals surface area contributed by atoms with E-state index in [1.165, 1.54) is 16.9 Å². The molecule has 152 valence electrons. The van der Waals surface area contributed by atoms with Crippen molar-refractivity contribution in [3.05, 3.63) is 82.3 Å². The molecule has 0 saturated heterocycles. The number of nitrogens with zero attached hydrogens (tertiary/aromatic N) is 3. The van der Waals surface area contributed by atoms with Gasteiger partial charge in [0, 0.05) is 31.3 Å². The van der Waals surface area contributed by atoms with Crippen LogP contribution in [0.15, 0.2) is 54.7 Å². The summed E-state index contributed by atoms with van der Waals surface area (Å²) in [5.74, 6) is 0.478. The zero-order chi connectivity index (χ0) is 20.9. The van der Waals surface area contributed by atoms with Crippen LogP contribution in [0.4, 0.5) is 5.82 Å². The summed E-state index contributed by atoms with van der Waals surface area (Å²) in [6.45, 7) is 2.47. The van der Waals surface area contributed by atoms with Crippen LogP contribution in [0.25, 0.3) is 10.2 Å². The topological polar surface area (TPSA) is 88.0 Å². The second-order valence-corrected chi connectivity index (χ2v) is 8.01. The van der Waals surface area contributed by atoms with E-state index in [1.54, 1.807) is 6.20 Å². The molecule has 7 heteroatoms. The van der Waals surface area contributed by atoms with Crippen LogP contribution >= 0.6 is 11.3 Å². The molecule has 0 saturated carbocycles. The Balaban J connectivity index is 1.61. The van der Waals surface area contributed by atoms with Crippen molar-refractivity contribution in [2.24, 2.45) is 0 Å². The Morgan fingerprint density at radius 1 is 1.03 bits per heavy atom. The molecule has 4 rings (SSSR count). The molecule has 0 aliphatic heterocycles. The standard InChI is InChI=1S/C23H22N4O2S/c1-15-19-21(25-14-12-17-9-5-6-13-24-17)26-18(11-10-16-7-3-2-4-8-16)27-22(19)30-20(15)23(28)29/h2-9,13H,10-12,14H2,1H3,(H,28,29)(H,25,26,27). The lowest BCUT2D eigenvalue weighted by atomic mass is 10.1. The molecule has 0 unspecified atom stereocenters. The molecule has 1 aromatic carbocycles. The summed E-state index contributed by atoms with van der Waals surface area (Å²) in [7, 11) is 0. The highest BCUT2D eigenvalue weighted by Gasteiger charge is 2.20. The Bertz CT molecular complexity index is 1160. The third-order valence-corrected chi connectivity index (χ3v) is 6.08. The number of benzene rings is 1. The summed E-state index contributed by atoms with van der Waals surface area (Å²) in [4.78, 5) is 26.4. The van der Waals surface area contributed by atoms with Crippen LogP contribution in [0.5, 0.6) is 0 Å². The van der Waals surface area contributed by atoms with Gasteiger partial charge in [0.1, 0.15) is 21.3 Å². The number of aromatic nitrogens is 3. The van der Waals surface area contributed by atoms with E-state index in [2.05, 4.69) is 27.4 Å². The molecular formula is C23H22N4O2S. The fourth-order valence-electron chi connectivity index (χ4n) is 3.38. The van der Waals surface area contributed by atoms with Crippen molar-refractivity contribution in [2.75, 3.05) is 11.9 Å². The molecular weight excluding hydrogens is 396 g/mol.